The highest BCUT2D eigenvalue weighted by molar-refractivity contribution is 8.00. The largest absolute Gasteiger partial charge is 0.481 e. The van der Waals surface area contributed by atoms with E-state index in [4.69, 9.17) is 5.11 Å². The van der Waals surface area contributed by atoms with Crippen molar-refractivity contribution in [2.75, 3.05) is 11.5 Å². The third-order valence-electron chi connectivity index (χ3n) is 2.60. The molecule has 0 aliphatic carbocycles. The second kappa shape index (κ2) is 6.29. The van der Waals surface area contributed by atoms with E-state index in [1.807, 2.05) is 16.3 Å². The molecule has 1 aliphatic heterocycles. The number of hydrogen-bond donors (Lipinski definition) is 1. The predicted octanol–water partition coefficient (Wildman–Crippen LogP) is 1.32. The van der Waals surface area contributed by atoms with E-state index in [2.05, 4.69) is 4.98 Å². The smallest absolute Gasteiger partial charge is 0.313 e. The summed E-state index contributed by atoms with van der Waals surface area (Å²) in [6, 6.07) is 1.42. The molecule has 2 heterocycles. The molecule has 1 saturated heterocycles. The van der Waals surface area contributed by atoms with Crippen LogP contribution in [-0.4, -0.2) is 37.4 Å². The Morgan fingerprint density at radius 2 is 2.50 bits per heavy atom. The predicted molar refractivity (Wildman–Crippen MR) is 72.3 cm³/mol. The first-order valence-electron chi connectivity index (χ1n) is 5.69. The summed E-state index contributed by atoms with van der Waals surface area (Å²) in [6.45, 7) is 0.792. The third-order valence-corrected chi connectivity index (χ3v) is 4.95. The van der Waals surface area contributed by atoms with Gasteiger partial charge in [0.1, 0.15) is 0 Å². The number of aliphatic carboxylic acids is 1. The molecular formula is C11H14N2O3S2. The molecule has 0 saturated carbocycles. The summed E-state index contributed by atoms with van der Waals surface area (Å²) in [5.41, 5.74) is -0.321. The fraction of sp³-hybridized carbons (Fsp3) is 0.545. The summed E-state index contributed by atoms with van der Waals surface area (Å²) in [6.07, 6.45) is 4.10. The summed E-state index contributed by atoms with van der Waals surface area (Å²) in [7, 11) is 0. The minimum absolute atomic E-state index is 0.0751. The molecule has 1 unspecified atom stereocenters. The highest BCUT2D eigenvalue weighted by atomic mass is 32.2. The van der Waals surface area contributed by atoms with E-state index in [-0.39, 0.29) is 11.3 Å². The van der Waals surface area contributed by atoms with E-state index in [0.717, 1.165) is 18.3 Å². The lowest BCUT2D eigenvalue weighted by Gasteiger charge is -2.14. The topological polar surface area (TPSA) is 72.2 Å². The molecule has 0 aromatic carbocycles. The van der Waals surface area contributed by atoms with Gasteiger partial charge in [-0.05, 0) is 18.6 Å². The molecule has 1 atom stereocenters. The van der Waals surface area contributed by atoms with Crippen LogP contribution >= 0.6 is 23.5 Å². The Morgan fingerprint density at radius 1 is 1.67 bits per heavy atom. The van der Waals surface area contributed by atoms with Gasteiger partial charge in [0.2, 0.25) is 0 Å². The molecule has 0 amide bonds. The maximum absolute atomic E-state index is 11.2. The van der Waals surface area contributed by atoms with Crippen LogP contribution in [0, 0.1) is 0 Å². The number of carbonyl (C=O) groups is 1. The summed E-state index contributed by atoms with van der Waals surface area (Å²) < 4.78 is 1.89. The summed E-state index contributed by atoms with van der Waals surface area (Å²) in [5, 5.41) is 9.72. The monoisotopic (exact) mass is 286 g/mol. The highest BCUT2D eigenvalue weighted by Gasteiger charge is 2.17. The van der Waals surface area contributed by atoms with Crippen LogP contribution in [0.25, 0.3) is 0 Å². The Kier molecular flexibility index (Phi) is 4.71. The summed E-state index contributed by atoms with van der Waals surface area (Å²) in [4.78, 5) is 25.7. The fourth-order valence-electron chi connectivity index (χ4n) is 1.80. The zero-order chi connectivity index (χ0) is 13.0. The van der Waals surface area contributed by atoms with E-state index in [0.29, 0.717) is 10.4 Å². The van der Waals surface area contributed by atoms with Gasteiger partial charge < -0.3 is 9.67 Å². The number of hydrogen-bond acceptors (Lipinski definition) is 5. The Labute approximate surface area is 113 Å². The molecule has 1 aliphatic rings. The average molecular weight is 286 g/mol. The van der Waals surface area contributed by atoms with Crippen LogP contribution in [0.2, 0.25) is 0 Å². The van der Waals surface area contributed by atoms with Gasteiger partial charge in [-0.2, -0.15) is 16.7 Å². The first-order valence-corrected chi connectivity index (χ1v) is 7.72. The lowest BCUT2D eigenvalue weighted by atomic mass is 10.2. The molecule has 98 valence electrons. The zero-order valence-corrected chi connectivity index (χ0v) is 11.4. The van der Waals surface area contributed by atoms with Crippen LogP contribution in [0.4, 0.5) is 0 Å². The number of thioether (sulfide) groups is 2. The molecule has 2 rings (SSSR count). The Bertz CT molecular complexity index is 483. The van der Waals surface area contributed by atoms with E-state index >= 15 is 0 Å². The Balaban J connectivity index is 2.11. The van der Waals surface area contributed by atoms with E-state index < -0.39 is 5.97 Å². The van der Waals surface area contributed by atoms with Gasteiger partial charge in [0.25, 0.3) is 5.56 Å². The van der Waals surface area contributed by atoms with Crippen molar-refractivity contribution in [2.45, 2.75) is 29.8 Å². The number of carboxylic acids is 1. The van der Waals surface area contributed by atoms with Crippen LogP contribution in [0.3, 0.4) is 0 Å². The number of rotatable bonds is 5. The second-order valence-corrected chi connectivity index (χ2v) is 6.37. The average Bonchev–Trinajstić information content (AvgIpc) is 2.82. The minimum Gasteiger partial charge on any atom is -0.481 e. The standard InChI is InChI=1S/C11H14N2O3S2/c14-9-3-4-13(6-8-2-1-5-17-8)11(12-9)18-7-10(15)16/h3-4,8H,1-2,5-7H2,(H,15,16). The lowest BCUT2D eigenvalue weighted by Crippen LogP contribution is -2.18. The van der Waals surface area contributed by atoms with Gasteiger partial charge >= 0.3 is 5.97 Å². The molecule has 1 aromatic rings. The molecule has 0 spiro atoms. The molecular weight excluding hydrogens is 272 g/mol. The Hall–Kier alpha value is -0.950. The van der Waals surface area contributed by atoms with Gasteiger partial charge in [0.05, 0.1) is 5.75 Å². The zero-order valence-electron chi connectivity index (χ0n) is 9.74. The number of nitrogens with zero attached hydrogens (tertiary/aromatic N) is 2. The van der Waals surface area contributed by atoms with Gasteiger partial charge in [-0.3, -0.25) is 9.59 Å². The van der Waals surface area contributed by atoms with Crippen molar-refractivity contribution < 1.29 is 9.90 Å². The van der Waals surface area contributed by atoms with Crippen molar-refractivity contribution in [1.82, 2.24) is 9.55 Å². The lowest BCUT2D eigenvalue weighted by molar-refractivity contribution is -0.133. The normalized spacial score (nSPS) is 19.0. The van der Waals surface area contributed by atoms with Gasteiger partial charge in [0, 0.05) is 24.1 Å². The summed E-state index contributed by atoms with van der Waals surface area (Å²) >= 11 is 3.02. The molecule has 7 heteroatoms. The van der Waals surface area contributed by atoms with Crippen molar-refractivity contribution in [1.29, 1.82) is 0 Å². The van der Waals surface area contributed by atoms with Crippen molar-refractivity contribution in [3.63, 3.8) is 0 Å². The van der Waals surface area contributed by atoms with E-state index in [1.54, 1.807) is 6.20 Å². The van der Waals surface area contributed by atoms with Crippen LogP contribution in [-0.2, 0) is 11.3 Å². The number of aromatic nitrogens is 2. The molecule has 1 aromatic heterocycles. The SMILES string of the molecule is O=C(O)CSc1nc(=O)ccn1CC1CCCS1. The van der Waals surface area contributed by atoms with E-state index in [1.165, 1.54) is 24.7 Å². The molecule has 1 N–H and O–H groups in total. The van der Waals surface area contributed by atoms with Crippen molar-refractivity contribution in [2.24, 2.45) is 0 Å². The molecule has 0 bridgehead atoms. The van der Waals surface area contributed by atoms with Crippen LogP contribution in [0.5, 0.6) is 0 Å². The maximum Gasteiger partial charge on any atom is 0.313 e. The van der Waals surface area contributed by atoms with Gasteiger partial charge in [0.15, 0.2) is 5.16 Å². The third kappa shape index (κ3) is 3.78. The number of carboxylic acid groups (broad SMARTS) is 1. The second-order valence-electron chi connectivity index (χ2n) is 4.02. The van der Waals surface area contributed by atoms with Crippen molar-refractivity contribution in [3.8, 4) is 0 Å². The fourth-order valence-corrected chi connectivity index (χ4v) is 3.78. The first kappa shape index (κ1) is 13.5. The van der Waals surface area contributed by atoms with E-state index in [9.17, 15) is 9.59 Å². The Morgan fingerprint density at radius 3 is 3.17 bits per heavy atom. The molecule has 1 fully saturated rings. The van der Waals surface area contributed by atoms with Crippen LogP contribution in [0.15, 0.2) is 22.2 Å². The van der Waals surface area contributed by atoms with Crippen molar-refractivity contribution >= 4 is 29.5 Å². The van der Waals surface area contributed by atoms with Gasteiger partial charge in [-0.1, -0.05) is 11.8 Å². The maximum atomic E-state index is 11.2. The van der Waals surface area contributed by atoms with Gasteiger partial charge in [-0.25, -0.2) is 0 Å². The molecule has 0 radical (unpaired) electrons. The van der Waals surface area contributed by atoms with Crippen molar-refractivity contribution in [3.05, 3.63) is 22.6 Å². The first-order chi connectivity index (χ1) is 8.65. The van der Waals surface area contributed by atoms with Crippen LogP contribution < -0.4 is 5.56 Å². The van der Waals surface area contributed by atoms with Gasteiger partial charge in [-0.15, -0.1) is 0 Å². The molecule has 5 nitrogen and oxygen atoms in total. The van der Waals surface area contributed by atoms with Crippen LogP contribution in [0.1, 0.15) is 12.8 Å². The minimum atomic E-state index is -0.903. The molecule has 18 heavy (non-hydrogen) atoms. The summed E-state index contributed by atoms with van der Waals surface area (Å²) in [5.74, 6) is 0.198. The highest BCUT2D eigenvalue weighted by Crippen LogP contribution is 2.28. The quantitative estimate of drug-likeness (QED) is 0.650.